The molecule has 140 valence electrons. The molecular formula is C16H19FN4O4S. The van der Waals surface area contributed by atoms with Gasteiger partial charge in [-0.2, -0.15) is 4.31 Å². The summed E-state index contributed by atoms with van der Waals surface area (Å²) in [6, 6.07) is 5.08. The molecule has 1 aromatic heterocycles. The van der Waals surface area contributed by atoms with E-state index in [4.69, 9.17) is 4.52 Å². The molecule has 2 heterocycles. The zero-order chi connectivity index (χ0) is 18.9. The number of nitrogens with one attached hydrogen (secondary N) is 1. The first-order valence-electron chi connectivity index (χ1n) is 8.03. The van der Waals surface area contributed by atoms with Crippen molar-refractivity contribution in [2.75, 3.05) is 31.5 Å². The first kappa shape index (κ1) is 18.3. The Bertz CT molecular complexity index is 883. The lowest BCUT2D eigenvalue weighted by atomic mass is 10.3. The Hall–Kier alpha value is -2.46. The number of hydrogen-bond donors (Lipinski definition) is 1. The molecular weight excluding hydrogens is 363 g/mol. The number of carbonyl (C=O) groups excluding carboxylic acids is 1. The first-order valence-corrected chi connectivity index (χ1v) is 9.47. The topological polar surface area (TPSA) is 95.8 Å². The van der Waals surface area contributed by atoms with Crippen LogP contribution in [0.25, 0.3) is 0 Å². The molecule has 1 fully saturated rings. The molecule has 0 atom stereocenters. The largest absolute Gasteiger partial charge is 0.360 e. The van der Waals surface area contributed by atoms with E-state index in [1.165, 1.54) is 33.5 Å². The summed E-state index contributed by atoms with van der Waals surface area (Å²) in [6.07, 6.45) is 0. The number of urea groups is 1. The Balaban J connectivity index is 1.63. The Labute approximate surface area is 150 Å². The van der Waals surface area contributed by atoms with E-state index in [-0.39, 0.29) is 48.7 Å². The Morgan fingerprint density at radius 2 is 1.77 bits per heavy atom. The Kier molecular flexibility index (Phi) is 4.97. The number of nitrogens with zero attached hydrogens (tertiary/aromatic N) is 3. The molecule has 0 unspecified atom stereocenters. The number of aryl methyl sites for hydroxylation is 2. The van der Waals surface area contributed by atoms with Gasteiger partial charge < -0.3 is 14.7 Å². The molecule has 0 bridgehead atoms. The van der Waals surface area contributed by atoms with E-state index in [0.29, 0.717) is 11.4 Å². The third kappa shape index (κ3) is 3.56. The summed E-state index contributed by atoms with van der Waals surface area (Å²) in [5.74, 6) is -0.139. The van der Waals surface area contributed by atoms with E-state index in [1.54, 1.807) is 13.8 Å². The minimum atomic E-state index is -3.72. The maximum absolute atomic E-state index is 12.9. The molecule has 0 spiro atoms. The Morgan fingerprint density at radius 3 is 2.31 bits per heavy atom. The van der Waals surface area contributed by atoms with Crippen LogP contribution >= 0.6 is 0 Å². The number of anilines is 1. The number of halogens is 1. The fourth-order valence-corrected chi connectivity index (χ4v) is 4.55. The summed E-state index contributed by atoms with van der Waals surface area (Å²) in [5, 5.41) is 6.36. The minimum absolute atomic E-state index is 0.0849. The molecule has 1 aromatic carbocycles. The lowest BCUT2D eigenvalue weighted by Crippen LogP contribution is -2.51. The van der Waals surface area contributed by atoms with E-state index in [2.05, 4.69) is 10.5 Å². The smallest absolute Gasteiger partial charge is 0.321 e. The third-order valence-corrected chi connectivity index (χ3v) is 6.33. The predicted molar refractivity (Wildman–Crippen MR) is 91.7 cm³/mol. The highest BCUT2D eigenvalue weighted by atomic mass is 32.2. The number of piperazine rings is 1. The summed E-state index contributed by atoms with van der Waals surface area (Å²) < 4.78 is 44.7. The highest BCUT2D eigenvalue weighted by Gasteiger charge is 2.34. The predicted octanol–water partition coefficient (Wildman–Crippen LogP) is 1.97. The van der Waals surface area contributed by atoms with Gasteiger partial charge in [-0.25, -0.2) is 17.6 Å². The lowest BCUT2D eigenvalue weighted by molar-refractivity contribution is 0.184. The van der Waals surface area contributed by atoms with Gasteiger partial charge >= 0.3 is 6.03 Å². The van der Waals surface area contributed by atoms with Crippen LogP contribution in [0.3, 0.4) is 0 Å². The number of hydrogen-bond acceptors (Lipinski definition) is 5. The second-order valence-corrected chi connectivity index (χ2v) is 7.86. The van der Waals surface area contributed by atoms with E-state index < -0.39 is 10.0 Å². The van der Waals surface area contributed by atoms with Gasteiger partial charge in [-0.1, -0.05) is 5.16 Å². The second kappa shape index (κ2) is 7.04. The molecule has 1 saturated heterocycles. The highest BCUT2D eigenvalue weighted by molar-refractivity contribution is 7.89. The van der Waals surface area contributed by atoms with Gasteiger partial charge in [0.2, 0.25) is 10.0 Å². The van der Waals surface area contributed by atoms with Gasteiger partial charge in [0.25, 0.3) is 0 Å². The SMILES string of the molecule is Cc1noc(C)c1S(=O)(=O)N1CCN(C(=O)Nc2ccc(F)cc2)CC1. The summed E-state index contributed by atoms with van der Waals surface area (Å²) >= 11 is 0. The van der Waals surface area contributed by atoms with Crippen LogP contribution in [-0.4, -0.2) is 55.0 Å². The number of rotatable bonds is 3. The number of sulfonamides is 1. The fourth-order valence-electron chi connectivity index (χ4n) is 2.84. The van der Waals surface area contributed by atoms with Gasteiger partial charge in [0.15, 0.2) is 5.76 Å². The summed E-state index contributed by atoms with van der Waals surface area (Å²) in [7, 11) is -3.72. The molecule has 0 radical (unpaired) electrons. The van der Waals surface area contributed by atoms with Crippen molar-refractivity contribution >= 4 is 21.7 Å². The van der Waals surface area contributed by atoms with Crippen LogP contribution in [-0.2, 0) is 10.0 Å². The van der Waals surface area contributed by atoms with Crippen molar-refractivity contribution in [1.82, 2.24) is 14.4 Å². The number of carbonyl (C=O) groups is 1. The number of aromatic nitrogens is 1. The highest BCUT2D eigenvalue weighted by Crippen LogP contribution is 2.24. The van der Waals surface area contributed by atoms with Crippen molar-refractivity contribution < 1.29 is 22.1 Å². The average Bonchev–Trinajstić information content (AvgIpc) is 2.96. The van der Waals surface area contributed by atoms with Crippen molar-refractivity contribution in [1.29, 1.82) is 0 Å². The van der Waals surface area contributed by atoms with Crippen LogP contribution in [0.5, 0.6) is 0 Å². The maximum Gasteiger partial charge on any atom is 0.321 e. The standard InChI is InChI=1S/C16H19FN4O4S/c1-11-15(12(2)25-19-11)26(23,24)21-9-7-20(8-10-21)16(22)18-14-5-3-13(17)4-6-14/h3-6H,7-10H2,1-2H3,(H,18,22). The van der Waals surface area contributed by atoms with Gasteiger partial charge in [-0.05, 0) is 38.1 Å². The van der Waals surface area contributed by atoms with Gasteiger partial charge in [0, 0.05) is 31.9 Å². The zero-order valence-electron chi connectivity index (χ0n) is 14.4. The summed E-state index contributed by atoms with van der Waals surface area (Å²) in [6.45, 7) is 3.97. The fraction of sp³-hybridized carbons (Fsp3) is 0.375. The molecule has 10 heteroatoms. The first-order chi connectivity index (χ1) is 12.3. The zero-order valence-corrected chi connectivity index (χ0v) is 15.2. The molecule has 1 aliphatic heterocycles. The monoisotopic (exact) mass is 382 g/mol. The van der Waals surface area contributed by atoms with Gasteiger partial charge in [0.1, 0.15) is 16.4 Å². The lowest BCUT2D eigenvalue weighted by Gasteiger charge is -2.33. The summed E-state index contributed by atoms with van der Waals surface area (Å²) in [4.78, 5) is 13.9. The van der Waals surface area contributed by atoms with Gasteiger partial charge in [0.05, 0.1) is 0 Å². The third-order valence-electron chi connectivity index (χ3n) is 4.19. The van der Waals surface area contributed by atoms with Gasteiger partial charge in [-0.15, -0.1) is 0 Å². The van der Waals surface area contributed by atoms with Crippen LogP contribution in [0, 0.1) is 19.7 Å². The van der Waals surface area contributed by atoms with Crippen LogP contribution in [0.4, 0.5) is 14.9 Å². The van der Waals surface area contributed by atoms with Crippen molar-refractivity contribution in [2.45, 2.75) is 18.7 Å². The minimum Gasteiger partial charge on any atom is -0.360 e. The molecule has 1 N–H and O–H groups in total. The molecule has 1 aliphatic rings. The van der Waals surface area contributed by atoms with E-state index in [0.717, 1.165) is 0 Å². The summed E-state index contributed by atoms with van der Waals surface area (Å²) in [5.41, 5.74) is 0.793. The second-order valence-electron chi connectivity index (χ2n) is 5.98. The van der Waals surface area contributed by atoms with Crippen molar-refractivity contribution in [2.24, 2.45) is 0 Å². The van der Waals surface area contributed by atoms with Crippen molar-refractivity contribution in [3.8, 4) is 0 Å². The molecule has 2 amide bonds. The van der Waals surface area contributed by atoms with Crippen LogP contribution in [0.1, 0.15) is 11.5 Å². The molecule has 0 saturated carbocycles. The van der Waals surface area contributed by atoms with Crippen molar-refractivity contribution in [3.63, 3.8) is 0 Å². The van der Waals surface area contributed by atoms with Crippen LogP contribution in [0.15, 0.2) is 33.7 Å². The number of benzene rings is 1. The molecule has 8 nitrogen and oxygen atoms in total. The molecule has 3 rings (SSSR count). The average molecular weight is 382 g/mol. The van der Waals surface area contributed by atoms with Crippen LogP contribution < -0.4 is 5.32 Å². The van der Waals surface area contributed by atoms with Crippen molar-refractivity contribution in [3.05, 3.63) is 41.5 Å². The molecule has 26 heavy (non-hydrogen) atoms. The number of amides is 2. The van der Waals surface area contributed by atoms with Crippen LogP contribution in [0.2, 0.25) is 0 Å². The van der Waals surface area contributed by atoms with E-state index >= 15 is 0 Å². The maximum atomic E-state index is 12.9. The Morgan fingerprint density at radius 1 is 1.15 bits per heavy atom. The van der Waals surface area contributed by atoms with Gasteiger partial charge in [-0.3, -0.25) is 0 Å². The normalized spacial score (nSPS) is 15.9. The van der Waals surface area contributed by atoms with E-state index in [1.807, 2.05) is 0 Å². The van der Waals surface area contributed by atoms with E-state index in [9.17, 15) is 17.6 Å². The molecule has 2 aromatic rings. The quantitative estimate of drug-likeness (QED) is 0.876. The molecule has 0 aliphatic carbocycles.